The Hall–Kier alpha value is -1.58. The molecule has 0 bridgehead atoms. The molecule has 1 unspecified atom stereocenters. The molecule has 1 fully saturated rings. The van der Waals surface area contributed by atoms with Crippen LogP contribution in [0.1, 0.15) is 41.0 Å². The average molecular weight is 380 g/mol. The van der Waals surface area contributed by atoms with E-state index >= 15 is 0 Å². The molecule has 27 heavy (non-hydrogen) atoms. The van der Waals surface area contributed by atoms with Crippen molar-refractivity contribution >= 4 is 11.9 Å². The molecule has 6 nitrogen and oxygen atoms in total. The smallest absolute Gasteiger partial charge is 0.329 e. The number of likely N-dealkylation sites (tertiary alicyclic amines) is 1. The number of amides is 1. The fourth-order valence-electron chi connectivity index (χ4n) is 3.22. The number of esters is 1. The van der Waals surface area contributed by atoms with Crippen molar-refractivity contribution in [1.82, 2.24) is 14.7 Å². The number of nitrogens with zero attached hydrogens (tertiary/aromatic N) is 3. The second-order valence-electron chi connectivity index (χ2n) is 8.98. The average Bonchev–Trinajstić information content (AvgIpc) is 2.97. The minimum Gasteiger partial charge on any atom is -0.458 e. The zero-order chi connectivity index (χ0) is 20.8. The Morgan fingerprint density at radius 1 is 1.19 bits per heavy atom. The first-order chi connectivity index (χ1) is 12.4. The molecule has 1 saturated heterocycles. The lowest BCUT2D eigenvalue weighted by molar-refractivity contribution is -0.166. The van der Waals surface area contributed by atoms with Crippen LogP contribution in [0.4, 0.5) is 0 Å². The Morgan fingerprint density at radius 3 is 2.33 bits per heavy atom. The third kappa shape index (κ3) is 7.90. The van der Waals surface area contributed by atoms with Crippen LogP contribution >= 0.6 is 0 Å². The predicted molar refractivity (Wildman–Crippen MR) is 108 cm³/mol. The van der Waals surface area contributed by atoms with Crippen molar-refractivity contribution in [3.63, 3.8) is 0 Å². The summed E-state index contributed by atoms with van der Waals surface area (Å²) in [7, 11) is 5.70. The monoisotopic (exact) mass is 379 g/mol. The topological polar surface area (TPSA) is 53.1 Å². The van der Waals surface area contributed by atoms with E-state index in [9.17, 15) is 9.59 Å². The van der Waals surface area contributed by atoms with Gasteiger partial charge in [0, 0.05) is 13.6 Å². The van der Waals surface area contributed by atoms with Crippen molar-refractivity contribution in [3.8, 4) is 11.8 Å². The molecule has 0 aromatic carbocycles. The van der Waals surface area contributed by atoms with E-state index in [-0.39, 0.29) is 23.7 Å². The third-order valence-electron chi connectivity index (χ3n) is 4.49. The first-order valence-corrected chi connectivity index (χ1v) is 9.74. The van der Waals surface area contributed by atoms with Gasteiger partial charge >= 0.3 is 5.97 Å². The second kappa shape index (κ2) is 10.1. The second-order valence-corrected chi connectivity index (χ2v) is 8.98. The first kappa shape index (κ1) is 23.5. The molecule has 1 amide bonds. The number of carbonyl (C=O) groups is 2. The van der Waals surface area contributed by atoms with Crippen molar-refractivity contribution in [2.75, 3.05) is 47.3 Å². The minimum atomic E-state index is -0.566. The summed E-state index contributed by atoms with van der Waals surface area (Å²) >= 11 is 0. The summed E-state index contributed by atoms with van der Waals surface area (Å²) in [5, 5.41) is 0. The SMILES string of the molecule is CC(C)C(C(=O)OC(C)(C)C)N(C)C(=O)[C@H]1CCN(CC#CCN(C)C)C1. The van der Waals surface area contributed by atoms with Gasteiger partial charge in [0.1, 0.15) is 11.6 Å². The van der Waals surface area contributed by atoms with Gasteiger partial charge in [-0.25, -0.2) is 4.79 Å². The molecule has 0 aliphatic carbocycles. The van der Waals surface area contributed by atoms with Gasteiger partial charge in [-0.1, -0.05) is 25.7 Å². The largest absolute Gasteiger partial charge is 0.458 e. The van der Waals surface area contributed by atoms with Crippen LogP contribution in [0.5, 0.6) is 0 Å². The van der Waals surface area contributed by atoms with E-state index in [1.165, 1.54) is 0 Å². The van der Waals surface area contributed by atoms with E-state index in [4.69, 9.17) is 4.74 Å². The molecule has 0 saturated carbocycles. The number of hydrogen-bond donors (Lipinski definition) is 0. The van der Waals surface area contributed by atoms with Crippen LogP contribution in [-0.4, -0.2) is 85.5 Å². The summed E-state index contributed by atoms with van der Waals surface area (Å²) in [5.41, 5.74) is -0.566. The molecular formula is C21H37N3O3. The molecule has 6 heteroatoms. The number of likely N-dealkylation sites (N-methyl/N-ethyl adjacent to an activating group) is 1. The highest BCUT2D eigenvalue weighted by molar-refractivity contribution is 5.86. The standard InChI is InChI=1S/C21H37N3O3/c1-16(2)18(20(26)27-21(3,4)5)23(8)19(25)17-11-14-24(15-17)13-10-9-12-22(6)7/h16-18H,11-15H2,1-8H3/t17-,18?/m0/s1. The summed E-state index contributed by atoms with van der Waals surface area (Å²) in [6.45, 7) is 12.4. The van der Waals surface area contributed by atoms with Crippen molar-refractivity contribution < 1.29 is 14.3 Å². The fraction of sp³-hybridized carbons (Fsp3) is 0.810. The van der Waals surface area contributed by atoms with Crippen LogP contribution < -0.4 is 0 Å². The van der Waals surface area contributed by atoms with Crippen LogP contribution in [0.25, 0.3) is 0 Å². The van der Waals surface area contributed by atoms with Crippen LogP contribution in [0.2, 0.25) is 0 Å². The number of hydrogen-bond acceptors (Lipinski definition) is 5. The number of rotatable bonds is 6. The molecule has 0 N–H and O–H groups in total. The van der Waals surface area contributed by atoms with E-state index in [1.807, 2.05) is 53.6 Å². The van der Waals surface area contributed by atoms with E-state index in [0.717, 1.165) is 19.5 Å². The molecule has 1 rings (SSSR count). The van der Waals surface area contributed by atoms with Crippen molar-refractivity contribution in [3.05, 3.63) is 0 Å². The molecule has 1 aliphatic rings. The summed E-state index contributed by atoms with van der Waals surface area (Å²) < 4.78 is 5.54. The van der Waals surface area contributed by atoms with Gasteiger partial charge in [-0.15, -0.1) is 0 Å². The maximum Gasteiger partial charge on any atom is 0.329 e. The summed E-state index contributed by atoms with van der Waals surface area (Å²) in [4.78, 5) is 31.4. The van der Waals surface area contributed by atoms with Crippen molar-refractivity contribution in [2.24, 2.45) is 11.8 Å². The lowest BCUT2D eigenvalue weighted by atomic mass is 9.99. The fourth-order valence-corrected chi connectivity index (χ4v) is 3.22. The molecule has 1 heterocycles. The van der Waals surface area contributed by atoms with Crippen LogP contribution in [0, 0.1) is 23.7 Å². The Labute approximate surface area is 165 Å². The van der Waals surface area contributed by atoms with E-state index in [0.29, 0.717) is 13.1 Å². The van der Waals surface area contributed by atoms with E-state index in [1.54, 1.807) is 11.9 Å². The van der Waals surface area contributed by atoms with Gasteiger partial charge < -0.3 is 9.64 Å². The summed E-state index contributed by atoms with van der Waals surface area (Å²) in [6.07, 6.45) is 0.803. The van der Waals surface area contributed by atoms with Gasteiger partial charge in [0.05, 0.1) is 19.0 Å². The number of ether oxygens (including phenoxy) is 1. The summed E-state index contributed by atoms with van der Waals surface area (Å²) in [5.74, 6) is 5.88. The molecule has 2 atom stereocenters. The van der Waals surface area contributed by atoms with Crippen molar-refractivity contribution in [2.45, 2.75) is 52.7 Å². The van der Waals surface area contributed by atoms with E-state index in [2.05, 4.69) is 16.7 Å². The quantitative estimate of drug-likeness (QED) is 0.519. The zero-order valence-electron chi connectivity index (χ0n) is 18.3. The van der Waals surface area contributed by atoms with Crippen LogP contribution in [0.3, 0.4) is 0 Å². The molecule has 154 valence electrons. The molecular weight excluding hydrogens is 342 g/mol. The van der Waals surface area contributed by atoms with Gasteiger partial charge in [-0.05, 0) is 53.8 Å². The van der Waals surface area contributed by atoms with Gasteiger partial charge in [-0.2, -0.15) is 0 Å². The Bertz CT molecular complexity index is 569. The van der Waals surface area contributed by atoms with Gasteiger partial charge in [0.25, 0.3) is 0 Å². The molecule has 0 aromatic heterocycles. The molecule has 0 radical (unpaired) electrons. The lowest BCUT2D eigenvalue weighted by Gasteiger charge is -2.33. The molecule has 1 aliphatic heterocycles. The van der Waals surface area contributed by atoms with Crippen LogP contribution in [0.15, 0.2) is 0 Å². The highest BCUT2D eigenvalue weighted by Gasteiger charge is 2.37. The third-order valence-corrected chi connectivity index (χ3v) is 4.49. The Kier molecular flexibility index (Phi) is 8.77. The summed E-state index contributed by atoms with van der Waals surface area (Å²) in [6, 6.07) is -0.564. The lowest BCUT2D eigenvalue weighted by Crippen LogP contribution is -2.50. The predicted octanol–water partition coefficient (Wildman–Crippen LogP) is 1.70. The molecule has 0 spiro atoms. The minimum absolute atomic E-state index is 0.0109. The van der Waals surface area contributed by atoms with E-state index < -0.39 is 11.6 Å². The highest BCUT2D eigenvalue weighted by Crippen LogP contribution is 2.22. The van der Waals surface area contributed by atoms with Gasteiger partial charge in [0.15, 0.2) is 0 Å². The molecule has 0 aromatic rings. The number of carbonyl (C=O) groups excluding carboxylic acids is 2. The maximum absolute atomic E-state index is 13.0. The van der Waals surface area contributed by atoms with Gasteiger partial charge in [-0.3, -0.25) is 14.6 Å². The zero-order valence-corrected chi connectivity index (χ0v) is 18.3. The van der Waals surface area contributed by atoms with Gasteiger partial charge in [0.2, 0.25) is 5.91 Å². The highest BCUT2D eigenvalue weighted by atomic mass is 16.6. The van der Waals surface area contributed by atoms with Crippen LogP contribution in [-0.2, 0) is 14.3 Å². The Balaban J connectivity index is 2.68. The maximum atomic E-state index is 13.0. The first-order valence-electron chi connectivity index (χ1n) is 9.74. The normalized spacial score (nSPS) is 19.0. The Morgan fingerprint density at radius 2 is 1.81 bits per heavy atom. The van der Waals surface area contributed by atoms with Crippen molar-refractivity contribution in [1.29, 1.82) is 0 Å².